The molecule has 0 aromatic carbocycles. The minimum atomic E-state index is -0.576. The molecule has 0 N–H and O–H groups in total. The van der Waals surface area contributed by atoms with E-state index in [0.717, 1.165) is 32.8 Å². The van der Waals surface area contributed by atoms with E-state index in [1.54, 1.807) is 0 Å². The molecule has 1 aliphatic heterocycles. The Morgan fingerprint density at radius 2 is 2.18 bits per heavy atom. The fraction of sp³-hybridized carbons (Fsp3) is 0.667. The maximum atomic E-state index is 10.6. The van der Waals surface area contributed by atoms with Crippen molar-refractivity contribution in [3.63, 3.8) is 0 Å². The number of ether oxygens (including phenoxy) is 1. The summed E-state index contributed by atoms with van der Waals surface area (Å²) in [5, 5.41) is 14.5. The largest absolute Gasteiger partial charge is 0.408 e. The quantitative estimate of drug-likeness (QED) is 0.591. The SMILES string of the molecule is O=[N+]([O-])c1nn(CCN2CCOCC2)cc1Cl. The van der Waals surface area contributed by atoms with Gasteiger partial charge in [0, 0.05) is 19.6 Å². The molecule has 1 aliphatic rings. The van der Waals surface area contributed by atoms with Crippen LogP contribution in [0.2, 0.25) is 5.02 Å². The average molecular weight is 261 g/mol. The van der Waals surface area contributed by atoms with Crippen LogP contribution in [0, 0.1) is 10.1 Å². The van der Waals surface area contributed by atoms with Crippen molar-refractivity contribution in [3.8, 4) is 0 Å². The van der Waals surface area contributed by atoms with Crippen LogP contribution in [0.25, 0.3) is 0 Å². The van der Waals surface area contributed by atoms with Crippen LogP contribution in [0.5, 0.6) is 0 Å². The van der Waals surface area contributed by atoms with Crippen LogP contribution in [0.4, 0.5) is 5.82 Å². The van der Waals surface area contributed by atoms with Gasteiger partial charge < -0.3 is 14.9 Å². The minimum Gasteiger partial charge on any atom is -0.379 e. The third kappa shape index (κ3) is 3.15. The summed E-state index contributed by atoms with van der Waals surface area (Å²) in [7, 11) is 0. The highest BCUT2D eigenvalue weighted by Gasteiger charge is 2.19. The molecule has 2 heterocycles. The second-order valence-electron chi connectivity index (χ2n) is 3.77. The highest BCUT2D eigenvalue weighted by Crippen LogP contribution is 2.21. The van der Waals surface area contributed by atoms with E-state index in [2.05, 4.69) is 10.00 Å². The van der Waals surface area contributed by atoms with Crippen LogP contribution >= 0.6 is 11.6 Å². The fourth-order valence-electron chi connectivity index (χ4n) is 1.69. The molecule has 0 unspecified atom stereocenters. The van der Waals surface area contributed by atoms with Crippen LogP contribution in [0.3, 0.4) is 0 Å². The molecule has 0 spiro atoms. The first-order valence-corrected chi connectivity index (χ1v) is 5.72. The molecule has 0 saturated carbocycles. The van der Waals surface area contributed by atoms with E-state index in [-0.39, 0.29) is 10.8 Å². The highest BCUT2D eigenvalue weighted by atomic mass is 35.5. The van der Waals surface area contributed by atoms with Gasteiger partial charge in [0.05, 0.1) is 31.1 Å². The summed E-state index contributed by atoms with van der Waals surface area (Å²) in [5.74, 6) is -0.284. The molecular formula is C9H13ClN4O3. The fourth-order valence-corrected chi connectivity index (χ4v) is 1.91. The van der Waals surface area contributed by atoms with Crippen molar-refractivity contribution in [2.24, 2.45) is 0 Å². The molecule has 7 nitrogen and oxygen atoms in total. The predicted molar refractivity (Wildman–Crippen MR) is 61.2 cm³/mol. The summed E-state index contributed by atoms with van der Waals surface area (Å²) in [6.07, 6.45) is 1.49. The number of hydrogen-bond acceptors (Lipinski definition) is 5. The Hall–Kier alpha value is -1.18. The van der Waals surface area contributed by atoms with Crippen molar-refractivity contribution in [2.75, 3.05) is 32.8 Å². The minimum absolute atomic E-state index is 0.0805. The smallest absolute Gasteiger partial charge is 0.379 e. The van der Waals surface area contributed by atoms with Crippen LogP contribution in [0.15, 0.2) is 6.20 Å². The maximum absolute atomic E-state index is 10.6. The molecule has 1 aromatic rings. The molecule has 1 saturated heterocycles. The van der Waals surface area contributed by atoms with Crippen LogP contribution in [-0.2, 0) is 11.3 Å². The Kier molecular flexibility index (Phi) is 3.93. The van der Waals surface area contributed by atoms with Crippen molar-refractivity contribution < 1.29 is 9.66 Å². The van der Waals surface area contributed by atoms with Crippen molar-refractivity contribution in [2.45, 2.75) is 6.54 Å². The van der Waals surface area contributed by atoms with E-state index in [0.29, 0.717) is 6.54 Å². The van der Waals surface area contributed by atoms with E-state index >= 15 is 0 Å². The van der Waals surface area contributed by atoms with Crippen molar-refractivity contribution >= 4 is 17.4 Å². The molecule has 8 heteroatoms. The topological polar surface area (TPSA) is 73.4 Å². The van der Waals surface area contributed by atoms with Crippen molar-refractivity contribution in [1.82, 2.24) is 14.7 Å². The lowest BCUT2D eigenvalue weighted by molar-refractivity contribution is -0.389. The van der Waals surface area contributed by atoms with Gasteiger partial charge in [0.25, 0.3) is 0 Å². The molecule has 1 aromatic heterocycles. The van der Waals surface area contributed by atoms with Crippen LogP contribution < -0.4 is 0 Å². The van der Waals surface area contributed by atoms with Gasteiger partial charge >= 0.3 is 5.82 Å². The van der Waals surface area contributed by atoms with Gasteiger partial charge in [-0.2, -0.15) is 4.68 Å². The lowest BCUT2D eigenvalue weighted by Crippen LogP contribution is -2.38. The van der Waals surface area contributed by atoms with Gasteiger partial charge in [-0.25, -0.2) is 0 Å². The third-order valence-corrected chi connectivity index (χ3v) is 2.89. The molecule has 0 amide bonds. The van der Waals surface area contributed by atoms with Gasteiger partial charge in [-0.1, -0.05) is 11.6 Å². The van der Waals surface area contributed by atoms with E-state index in [1.165, 1.54) is 10.9 Å². The number of aromatic nitrogens is 2. The van der Waals surface area contributed by atoms with E-state index < -0.39 is 4.92 Å². The van der Waals surface area contributed by atoms with Gasteiger partial charge in [-0.15, -0.1) is 0 Å². The monoisotopic (exact) mass is 260 g/mol. The lowest BCUT2D eigenvalue weighted by atomic mass is 10.4. The van der Waals surface area contributed by atoms with E-state index in [4.69, 9.17) is 16.3 Å². The Morgan fingerprint density at radius 3 is 2.76 bits per heavy atom. The van der Waals surface area contributed by atoms with Gasteiger partial charge in [-0.3, -0.25) is 4.90 Å². The first-order chi connectivity index (χ1) is 8.16. The number of halogens is 1. The van der Waals surface area contributed by atoms with Crippen molar-refractivity contribution in [1.29, 1.82) is 0 Å². The zero-order valence-corrected chi connectivity index (χ0v) is 9.97. The predicted octanol–water partition coefficient (Wildman–Crippen LogP) is 0.777. The number of morpholine rings is 1. The van der Waals surface area contributed by atoms with Crippen molar-refractivity contribution in [3.05, 3.63) is 21.3 Å². The first-order valence-electron chi connectivity index (χ1n) is 5.34. The molecule has 94 valence electrons. The number of hydrogen-bond donors (Lipinski definition) is 0. The normalized spacial score (nSPS) is 17.2. The summed E-state index contributed by atoms with van der Waals surface area (Å²) in [4.78, 5) is 12.2. The first kappa shape index (κ1) is 12.3. The van der Waals surface area contributed by atoms with Gasteiger partial charge in [0.1, 0.15) is 0 Å². The molecular weight excluding hydrogens is 248 g/mol. The zero-order chi connectivity index (χ0) is 12.3. The molecule has 1 fully saturated rings. The Balaban J connectivity index is 1.90. The second kappa shape index (κ2) is 5.44. The second-order valence-corrected chi connectivity index (χ2v) is 4.18. The summed E-state index contributed by atoms with van der Waals surface area (Å²) < 4.78 is 6.74. The molecule has 2 rings (SSSR count). The van der Waals surface area contributed by atoms with Crippen LogP contribution in [-0.4, -0.2) is 52.5 Å². The Labute approximate surface area is 103 Å². The van der Waals surface area contributed by atoms with Gasteiger partial charge in [-0.05, 0) is 4.92 Å². The standard InChI is InChI=1S/C9H13ClN4O3/c10-8-7-13(11-9(8)14(15)16)2-1-12-3-5-17-6-4-12/h7H,1-6H2. The molecule has 0 aliphatic carbocycles. The average Bonchev–Trinajstić information content (AvgIpc) is 2.69. The summed E-state index contributed by atoms with van der Waals surface area (Å²) in [6, 6.07) is 0. The van der Waals surface area contributed by atoms with E-state index in [9.17, 15) is 10.1 Å². The lowest BCUT2D eigenvalue weighted by Gasteiger charge is -2.25. The molecule has 0 bridgehead atoms. The highest BCUT2D eigenvalue weighted by molar-refractivity contribution is 6.32. The number of nitro groups is 1. The number of nitrogens with zero attached hydrogens (tertiary/aromatic N) is 4. The summed E-state index contributed by atoms with van der Waals surface area (Å²) in [6.45, 7) is 4.63. The number of rotatable bonds is 4. The zero-order valence-electron chi connectivity index (χ0n) is 9.21. The summed E-state index contributed by atoms with van der Waals surface area (Å²) in [5.41, 5.74) is 0. The Morgan fingerprint density at radius 1 is 1.47 bits per heavy atom. The molecule has 17 heavy (non-hydrogen) atoms. The Bertz CT molecular complexity index is 403. The third-order valence-electron chi connectivity index (χ3n) is 2.62. The van der Waals surface area contributed by atoms with Gasteiger partial charge in [0.2, 0.25) is 0 Å². The summed E-state index contributed by atoms with van der Waals surface area (Å²) >= 11 is 5.70. The van der Waals surface area contributed by atoms with E-state index in [1.807, 2.05) is 0 Å². The maximum Gasteiger partial charge on any atom is 0.408 e. The van der Waals surface area contributed by atoms with Crippen LogP contribution in [0.1, 0.15) is 0 Å². The molecule has 0 radical (unpaired) electrons. The van der Waals surface area contributed by atoms with Gasteiger partial charge in [0.15, 0.2) is 5.02 Å². The molecule has 0 atom stereocenters.